The van der Waals surface area contributed by atoms with Gasteiger partial charge in [0.05, 0.1) is 21.5 Å². The molecule has 0 spiro atoms. The Morgan fingerprint density at radius 2 is 1.80 bits per heavy atom. The number of thiocarbonyl (C=S) groups is 1. The van der Waals surface area contributed by atoms with E-state index in [1.165, 1.54) is 34.3 Å². The van der Waals surface area contributed by atoms with Crippen molar-refractivity contribution >= 4 is 66.4 Å². The number of sulfonamides is 1. The van der Waals surface area contributed by atoms with Crippen molar-refractivity contribution in [2.45, 2.75) is 37.8 Å². The van der Waals surface area contributed by atoms with Crippen LogP contribution in [0.1, 0.15) is 23.2 Å². The molecule has 3 heterocycles. The van der Waals surface area contributed by atoms with Crippen molar-refractivity contribution in [3.8, 4) is 10.6 Å². The predicted molar refractivity (Wildman–Crippen MR) is 175 cm³/mol. The molecule has 2 aromatic heterocycles. The number of aromatic nitrogens is 3. The first-order chi connectivity index (χ1) is 21.9. The van der Waals surface area contributed by atoms with Gasteiger partial charge < -0.3 is 14.7 Å². The minimum absolute atomic E-state index is 0.00699. The summed E-state index contributed by atoms with van der Waals surface area (Å²) in [4.78, 5) is 33.9. The van der Waals surface area contributed by atoms with Crippen LogP contribution in [0.4, 0.5) is 5.69 Å². The molecule has 1 N–H and O–H groups in total. The molecule has 12 nitrogen and oxygen atoms in total. The van der Waals surface area contributed by atoms with Gasteiger partial charge in [0.1, 0.15) is 24.6 Å². The topological polar surface area (TPSA) is 143 Å². The second-order valence-corrected chi connectivity index (χ2v) is 14.0. The summed E-state index contributed by atoms with van der Waals surface area (Å²) in [6, 6.07) is 18.8. The monoisotopic (exact) mass is 675 g/mol. The van der Waals surface area contributed by atoms with E-state index >= 15 is 0 Å². The highest BCUT2D eigenvalue weighted by atomic mass is 32.2. The molecule has 5 aromatic rings. The number of nitrogens with zero attached hydrogens (tertiary/aromatic N) is 6. The van der Waals surface area contributed by atoms with Crippen LogP contribution in [0.15, 0.2) is 80.5 Å². The molecule has 0 bridgehead atoms. The molecular weight excluding hydrogens is 647 g/mol. The summed E-state index contributed by atoms with van der Waals surface area (Å²) in [5.74, 6) is -0.766. The molecule has 0 radical (unpaired) electrons. The summed E-state index contributed by atoms with van der Waals surface area (Å²) >= 11 is 7.14. The number of nitrogens with one attached hydrogen (secondary N) is 1. The van der Waals surface area contributed by atoms with Crippen LogP contribution >= 0.6 is 23.6 Å². The standard InChI is InChI=1S/C31H29N7O5S3/c1-18-5-12-22(13-6-18)46(41,42)34-28-25(37(4)35-43-28)17-38-24(30(40)36(3)31(38)44)16-27(39)32-21-10-8-20(9-11-21)29-33-23-14-7-19(2)15-26(23)45-29/h5-15,24H,16-17H2,1-4H3,(H,32,39)/b34-28-. The maximum Gasteiger partial charge on any atom is 0.289 e. The average Bonchev–Trinajstić information content (AvgIpc) is 3.65. The van der Waals surface area contributed by atoms with Crippen molar-refractivity contribution in [3.63, 3.8) is 0 Å². The van der Waals surface area contributed by atoms with Crippen LogP contribution in [-0.2, 0) is 33.2 Å². The quantitative estimate of drug-likeness (QED) is 0.194. The summed E-state index contributed by atoms with van der Waals surface area (Å²) in [6.07, 6.45) is -0.203. The molecule has 1 aliphatic rings. The van der Waals surface area contributed by atoms with Gasteiger partial charge in [-0.25, -0.2) is 9.67 Å². The number of benzene rings is 3. The van der Waals surface area contributed by atoms with E-state index in [9.17, 15) is 18.0 Å². The third kappa shape index (κ3) is 6.21. The van der Waals surface area contributed by atoms with Crippen LogP contribution in [-0.4, -0.2) is 53.2 Å². The lowest BCUT2D eigenvalue weighted by Crippen LogP contribution is -2.45. The Morgan fingerprint density at radius 3 is 2.52 bits per heavy atom. The van der Waals surface area contributed by atoms with E-state index in [1.807, 2.05) is 38.1 Å². The van der Waals surface area contributed by atoms with Crippen LogP contribution in [0.3, 0.4) is 0 Å². The fraction of sp³-hybridized carbons (Fsp3) is 0.226. The normalized spacial score (nSPS) is 15.7. The molecule has 1 saturated heterocycles. The first kappa shape index (κ1) is 31.3. The van der Waals surface area contributed by atoms with Crippen LogP contribution in [0.2, 0.25) is 0 Å². The van der Waals surface area contributed by atoms with E-state index in [0.717, 1.165) is 26.4 Å². The number of carbonyl (C=O) groups excluding carboxylic acids is 2. The molecule has 15 heteroatoms. The number of likely N-dealkylation sites (N-methyl/N-ethyl adjacent to an activating group) is 1. The second kappa shape index (κ2) is 12.2. The Bertz CT molecular complexity index is 2170. The van der Waals surface area contributed by atoms with Gasteiger partial charge in [0.15, 0.2) is 5.11 Å². The van der Waals surface area contributed by atoms with Crippen LogP contribution in [0.5, 0.6) is 0 Å². The number of hydrogen-bond donors (Lipinski definition) is 1. The number of thiazole rings is 1. The number of amides is 2. The Hall–Kier alpha value is -4.73. The summed E-state index contributed by atoms with van der Waals surface area (Å²) in [5.41, 5.74) is 4.49. The van der Waals surface area contributed by atoms with Gasteiger partial charge in [-0.15, -0.1) is 15.7 Å². The van der Waals surface area contributed by atoms with Crippen molar-refractivity contribution in [3.05, 3.63) is 89.1 Å². The van der Waals surface area contributed by atoms with Crippen LogP contribution in [0.25, 0.3) is 20.8 Å². The summed E-state index contributed by atoms with van der Waals surface area (Å²) in [6.45, 7) is 3.81. The molecule has 1 unspecified atom stereocenters. The number of anilines is 1. The second-order valence-electron chi connectivity index (χ2n) is 11.0. The Balaban J connectivity index is 1.19. The maximum absolute atomic E-state index is 13.2. The lowest BCUT2D eigenvalue weighted by molar-refractivity contribution is -0.752. The van der Waals surface area contributed by atoms with Crippen molar-refractivity contribution in [1.29, 1.82) is 0 Å². The predicted octanol–water partition coefficient (Wildman–Crippen LogP) is 3.20. The summed E-state index contributed by atoms with van der Waals surface area (Å²) < 4.78 is 37.5. The molecule has 3 aromatic carbocycles. The lowest BCUT2D eigenvalue weighted by Gasteiger charge is -2.21. The number of hydrogen-bond acceptors (Lipinski definition) is 8. The van der Waals surface area contributed by atoms with Crippen molar-refractivity contribution in [2.75, 3.05) is 12.4 Å². The Kier molecular flexibility index (Phi) is 8.31. The number of aryl methyl sites for hydroxylation is 3. The zero-order valence-electron chi connectivity index (χ0n) is 25.3. The Morgan fingerprint density at radius 1 is 1.11 bits per heavy atom. The van der Waals surface area contributed by atoms with Crippen molar-refractivity contribution in [1.82, 2.24) is 20.1 Å². The van der Waals surface area contributed by atoms with Gasteiger partial charge in [0, 0.05) is 18.3 Å². The molecule has 1 atom stereocenters. The van der Waals surface area contributed by atoms with Gasteiger partial charge in [0.25, 0.3) is 27.2 Å². The Labute approximate surface area is 274 Å². The first-order valence-electron chi connectivity index (χ1n) is 14.1. The van der Waals surface area contributed by atoms with E-state index < -0.39 is 22.0 Å². The van der Waals surface area contributed by atoms with Gasteiger partial charge in [-0.05, 0) is 80.2 Å². The lowest BCUT2D eigenvalue weighted by atomic mass is 10.1. The van der Waals surface area contributed by atoms with Gasteiger partial charge in [-0.3, -0.25) is 19.8 Å². The van der Waals surface area contributed by atoms with E-state index in [4.69, 9.17) is 21.7 Å². The molecular formula is C31H29N7O5S3. The molecule has 1 aliphatic heterocycles. The van der Waals surface area contributed by atoms with E-state index in [2.05, 4.69) is 21.1 Å². The zero-order valence-corrected chi connectivity index (χ0v) is 27.7. The van der Waals surface area contributed by atoms with Crippen molar-refractivity contribution < 1.29 is 27.2 Å². The maximum atomic E-state index is 13.2. The minimum atomic E-state index is -4.12. The molecule has 1 fully saturated rings. The number of carbonyl (C=O) groups is 2. The van der Waals surface area contributed by atoms with Gasteiger partial charge in [0.2, 0.25) is 5.91 Å². The van der Waals surface area contributed by atoms with Gasteiger partial charge in [-0.2, -0.15) is 8.42 Å². The minimum Gasteiger partial charge on any atom is -0.486 e. The third-order valence-corrected chi connectivity index (χ3v) is 10.4. The highest BCUT2D eigenvalue weighted by Gasteiger charge is 2.43. The van der Waals surface area contributed by atoms with E-state index in [-0.39, 0.29) is 40.1 Å². The number of fused-ring (bicyclic) bond motifs is 1. The van der Waals surface area contributed by atoms with Gasteiger partial charge >= 0.3 is 0 Å². The molecule has 6 rings (SSSR count). The highest BCUT2D eigenvalue weighted by molar-refractivity contribution is 7.90. The largest absolute Gasteiger partial charge is 0.486 e. The smallest absolute Gasteiger partial charge is 0.289 e. The zero-order chi connectivity index (χ0) is 32.7. The fourth-order valence-corrected chi connectivity index (χ4v) is 7.30. The van der Waals surface area contributed by atoms with Crippen LogP contribution < -0.4 is 20.8 Å². The van der Waals surface area contributed by atoms with E-state index in [0.29, 0.717) is 5.69 Å². The number of rotatable bonds is 8. The fourth-order valence-electron chi connectivity index (χ4n) is 5.00. The van der Waals surface area contributed by atoms with Crippen molar-refractivity contribution in [2.24, 2.45) is 11.4 Å². The summed E-state index contributed by atoms with van der Waals surface area (Å²) in [5, 5.41) is 7.74. The van der Waals surface area contributed by atoms with E-state index in [1.54, 1.807) is 47.5 Å². The average molecular weight is 676 g/mol. The third-order valence-electron chi connectivity index (χ3n) is 7.59. The summed E-state index contributed by atoms with van der Waals surface area (Å²) in [7, 11) is -1.04. The SMILES string of the molecule is Cc1ccc(S(=O)(=O)/N=c2\o[n-][n+](C)c2CN2C(=S)N(C)C(=O)C2CC(=O)Nc2ccc(-c3nc4ccc(C)cc4s3)cc2)cc1. The first-order valence-corrected chi connectivity index (χ1v) is 16.8. The molecule has 2 amide bonds. The molecule has 0 aliphatic carbocycles. The van der Waals surface area contributed by atoms with Gasteiger partial charge in [-0.1, -0.05) is 23.8 Å². The van der Waals surface area contributed by atoms with Crippen LogP contribution in [0, 0.1) is 13.8 Å². The molecule has 0 saturated carbocycles. The molecule has 236 valence electrons. The highest BCUT2D eigenvalue weighted by Crippen LogP contribution is 2.31. The molecule has 46 heavy (non-hydrogen) atoms.